The molecule has 1 N–H and O–H groups in total. The number of rotatable bonds is 0. The highest BCUT2D eigenvalue weighted by Crippen LogP contribution is 1.78. The van der Waals surface area contributed by atoms with Crippen molar-refractivity contribution < 1.29 is 5.11 Å². The second-order valence-corrected chi connectivity index (χ2v) is 1.85. The van der Waals surface area contributed by atoms with Crippen LogP contribution in [0.5, 0.6) is 0 Å². The van der Waals surface area contributed by atoms with E-state index >= 15 is 0 Å². The topological polar surface area (TPSA) is 20.2 Å². The maximum Gasteiger partial charge on any atom is 0.0483 e. The number of aliphatic hydroxyl groups excluding tert-OH is 1. The van der Waals surface area contributed by atoms with E-state index in [1.54, 1.807) is 13.8 Å². The Morgan fingerprint density at radius 2 is 1.38 bits per heavy atom. The molecule has 0 aromatic rings. The Labute approximate surface area is 59.9 Å². The maximum atomic E-state index is 8.06. The lowest BCUT2D eigenvalue weighted by Gasteiger charge is -1.80. The first kappa shape index (κ1) is 11.1. The van der Waals surface area contributed by atoms with E-state index < -0.39 is 0 Å². The van der Waals surface area contributed by atoms with E-state index in [0.717, 1.165) is 0 Å². The second kappa shape index (κ2) is 10.3. The molecule has 3 heteroatoms. The fourth-order valence-electron chi connectivity index (χ4n) is 0. The van der Waals surface area contributed by atoms with Crippen LogP contribution >= 0.6 is 23.2 Å². The summed E-state index contributed by atoms with van der Waals surface area (Å²) in [4.78, 5) is 0. The summed E-state index contributed by atoms with van der Waals surface area (Å²) >= 11 is 9.75. The van der Waals surface area contributed by atoms with Gasteiger partial charge in [-0.3, -0.25) is 0 Å². The van der Waals surface area contributed by atoms with E-state index in [4.69, 9.17) is 28.3 Å². The highest BCUT2D eigenvalue weighted by Gasteiger charge is 1.69. The third-order valence-corrected chi connectivity index (χ3v) is 0.429. The van der Waals surface area contributed by atoms with Crippen molar-refractivity contribution >= 4 is 23.2 Å². The molecule has 0 fully saturated rings. The third kappa shape index (κ3) is 107. The number of hydrogen-bond donors (Lipinski definition) is 1. The van der Waals surface area contributed by atoms with Gasteiger partial charge in [-0.15, -0.1) is 0 Å². The Hall–Kier alpha value is 0.280. The van der Waals surface area contributed by atoms with Gasteiger partial charge in [-0.25, -0.2) is 0 Å². The zero-order valence-corrected chi connectivity index (χ0v) is 6.45. The van der Waals surface area contributed by atoms with Crippen molar-refractivity contribution in [3.63, 3.8) is 0 Å². The molecular weight excluding hydrogens is 147 g/mol. The Kier molecular flexibility index (Phi) is 14.3. The average molecular weight is 157 g/mol. The van der Waals surface area contributed by atoms with Crippen molar-refractivity contribution in [1.82, 2.24) is 0 Å². The molecule has 0 aliphatic rings. The normalized spacial score (nSPS) is 9.25. The number of aliphatic hydroxyl groups is 1. The Balaban J connectivity index is 0. The van der Waals surface area contributed by atoms with Crippen molar-refractivity contribution in [2.45, 2.75) is 20.0 Å². The van der Waals surface area contributed by atoms with Crippen LogP contribution in [0.2, 0.25) is 0 Å². The molecule has 0 aliphatic carbocycles. The SMILES string of the molecule is CC(C)O.Cl/C=C/Cl. The number of halogens is 2. The minimum Gasteiger partial charge on any atom is -0.394 e. The minimum absolute atomic E-state index is 0.167. The fraction of sp³-hybridized carbons (Fsp3) is 0.600. The van der Waals surface area contributed by atoms with Gasteiger partial charge in [-0.2, -0.15) is 0 Å². The van der Waals surface area contributed by atoms with Crippen molar-refractivity contribution in [3.05, 3.63) is 11.1 Å². The maximum absolute atomic E-state index is 8.06. The van der Waals surface area contributed by atoms with Gasteiger partial charge in [-0.05, 0) is 13.8 Å². The summed E-state index contributed by atoms with van der Waals surface area (Å²) in [6.07, 6.45) is -0.167. The molecule has 0 saturated carbocycles. The van der Waals surface area contributed by atoms with E-state index in [-0.39, 0.29) is 6.10 Å². The zero-order valence-electron chi connectivity index (χ0n) is 4.94. The van der Waals surface area contributed by atoms with Crippen LogP contribution in [0.4, 0.5) is 0 Å². The second-order valence-electron chi connectivity index (χ2n) is 1.35. The highest BCUT2D eigenvalue weighted by molar-refractivity contribution is 6.33. The molecule has 0 rings (SSSR count). The summed E-state index contributed by atoms with van der Waals surface area (Å²) in [7, 11) is 0. The Morgan fingerprint density at radius 3 is 1.38 bits per heavy atom. The molecule has 0 heterocycles. The summed E-state index contributed by atoms with van der Waals surface area (Å²) in [5, 5.41) is 8.06. The molecule has 0 aliphatic heterocycles. The first-order valence-corrected chi connectivity index (χ1v) is 3.06. The highest BCUT2D eigenvalue weighted by atomic mass is 35.5. The first-order chi connectivity index (χ1) is 3.65. The summed E-state index contributed by atoms with van der Waals surface area (Å²) in [5.74, 6) is 0. The van der Waals surface area contributed by atoms with E-state index in [9.17, 15) is 0 Å². The Morgan fingerprint density at radius 1 is 1.25 bits per heavy atom. The van der Waals surface area contributed by atoms with Crippen molar-refractivity contribution in [2.24, 2.45) is 0 Å². The van der Waals surface area contributed by atoms with Crippen LogP contribution in [0, 0.1) is 0 Å². The van der Waals surface area contributed by atoms with Crippen LogP contribution < -0.4 is 0 Å². The van der Waals surface area contributed by atoms with Gasteiger partial charge in [0.1, 0.15) is 0 Å². The van der Waals surface area contributed by atoms with Gasteiger partial charge in [0.2, 0.25) is 0 Å². The molecule has 0 saturated heterocycles. The van der Waals surface area contributed by atoms with Crippen molar-refractivity contribution in [2.75, 3.05) is 0 Å². The van der Waals surface area contributed by atoms with Crippen LogP contribution in [-0.2, 0) is 0 Å². The summed E-state index contributed by atoms with van der Waals surface area (Å²) in [5.41, 5.74) is 2.48. The largest absolute Gasteiger partial charge is 0.394 e. The molecule has 0 spiro atoms. The monoisotopic (exact) mass is 156 g/mol. The molecule has 0 radical (unpaired) electrons. The molecule has 0 aromatic carbocycles. The molecule has 0 aromatic heterocycles. The third-order valence-electron chi connectivity index (χ3n) is 0.0476. The van der Waals surface area contributed by atoms with Crippen LogP contribution in [0.25, 0.3) is 0 Å². The molecule has 0 bridgehead atoms. The minimum atomic E-state index is -0.167. The van der Waals surface area contributed by atoms with Gasteiger partial charge in [0.05, 0.1) is 0 Å². The summed E-state index contributed by atoms with van der Waals surface area (Å²) in [6, 6.07) is 0. The van der Waals surface area contributed by atoms with Crippen LogP contribution in [0.3, 0.4) is 0 Å². The van der Waals surface area contributed by atoms with Gasteiger partial charge in [0.25, 0.3) is 0 Å². The van der Waals surface area contributed by atoms with E-state index in [0.29, 0.717) is 0 Å². The molecular formula is C5H10Cl2O. The summed E-state index contributed by atoms with van der Waals surface area (Å²) < 4.78 is 0. The zero-order chi connectivity index (χ0) is 6.99. The summed E-state index contributed by atoms with van der Waals surface area (Å²) in [6.45, 7) is 3.44. The van der Waals surface area contributed by atoms with Gasteiger partial charge >= 0.3 is 0 Å². The van der Waals surface area contributed by atoms with Crippen molar-refractivity contribution in [1.29, 1.82) is 0 Å². The smallest absolute Gasteiger partial charge is 0.0483 e. The molecule has 0 unspecified atom stereocenters. The van der Waals surface area contributed by atoms with Crippen molar-refractivity contribution in [3.8, 4) is 0 Å². The van der Waals surface area contributed by atoms with Crippen LogP contribution in [0.15, 0.2) is 11.1 Å². The van der Waals surface area contributed by atoms with Gasteiger partial charge in [-0.1, -0.05) is 23.2 Å². The van der Waals surface area contributed by atoms with E-state index in [2.05, 4.69) is 0 Å². The van der Waals surface area contributed by atoms with Crippen LogP contribution in [0.1, 0.15) is 13.8 Å². The van der Waals surface area contributed by atoms with Gasteiger partial charge < -0.3 is 5.11 Å². The lowest BCUT2D eigenvalue weighted by molar-refractivity contribution is 0.216. The molecule has 1 nitrogen and oxygen atoms in total. The standard InChI is InChI=1S/C3H8O.C2H2Cl2/c1-3(2)4;3-1-2-4/h3-4H,1-2H3;1-2H/b;2-1+. The van der Waals surface area contributed by atoms with E-state index in [1.165, 1.54) is 11.1 Å². The first-order valence-electron chi connectivity index (χ1n) is 2.18. The lowest BCUT2D eigenvalue weighted by Crippen LogP contribution is -1.85. The average Bonchev–Trinajstić information content (AvgIpc) is 1.65. The lowest BCUT2D eigenvalue weighted by atomic mass is 10.5. The number of hydrogen-bond acceptors (Lipinski definition) is 1. The van der Waals surface area contributed by atoms with Gasteiger partial charge in [0, 0.05) is 17.2 Å². The fourth-order valence-corrected chi connectivity index (χ4v) is 0. The predicted molar refractivity (Wildman–Crippen MR) is 38.2 cm³/mol. The molecule has 0 amide bonds. The quantitative estimate of drug-likeness (QED) is 0.572. The van der Waals surface area contributed by atoms with Gasteiger partial charge in [0.15, 0.2) is 0 Å². The molecule has 8 heavy (non-hydrogen) atoms. The Bertz CT molecular complexity index is 45.6. The molecule has 50 valence electrons. The van der Waals surface area contributed by atoms with E-state index in [1.807, 2.05) is 0 Å². The molecule has 0 atom stereocenters. The predicted octanol–water partition coefficient (Wildman–Crippen LogP) is 2.32. The van der Waals surface area contributed by atoms with Crippen LogP contribution in [-0.4, -0.2) is 11.2 Å².